The van der Waals surface area contributed by atoms with E-state index in [0.29, 0.717) is 11.6 Å². The lowest BCUT2D eigenvalue weighted by Gasteiger charge is -2.30. The summed E-state index contributed by atoms with van der Waals surface area (Å²) in [6.07, 6.45) is 3.97. The molecular weight excluding hydrogens is 402 g/mol. The van der Waals surface area contributed by atoms with Crippen molar-refractivity contribution in [1.29, 1.82) is 0 Å². The molecule has 0 aliphatic carbocycles. The molecule has 0 fully saturated rings. The van der Waals surface area contributed by atoms with Crippen LogP contribution in [-0.4, -0.2) is 61.9 Å². The first-order valence-electron chi connectivity index (χ1n) is 9.29. The summed E-state index contributed by atoms with van der Waals surface area (Å²) in [7, 11) is -2.17. The van der Waals surface area contributed by atoms with E-state index in [9.17, 15) is 18.0 Å². The number of rotatable bonds is 11. The highest BCUT2D eigenvalue weighted by Gasteiger charge is 2.28. The van der Waals surface area contributed by atoms with Gasteiger partial charge in [0, 0.05) is 25.2 Å². The van der Waals surface area contributed by atoms with Gasteiger partial charge in [0.25, 0.3) is 0 Å². The summed E-state index contributed by atoms with van der Waals surface area (Å²) in [6, 6.07) is 6.22. The highest BCUT2D eigenvalue weighted by Crippen LogP contribution is 2.14. The van der Waals surface area contributed by atoms with Crippen molar-refractivity contribution in [2.75, 3.05) is 26.4 Å². The normalized spacial score (nSPS) is 12.6. The molecule has 0 aliphatic heterocycles. The number of unbranched alkanes of at least 4 members (excludes halogenated alkanes) is 2. The number of halogens is 1. The molecule has 1 N–H and O–H groups in total. The Morgan fingerprint density at radius 2 is 1.79 bits per heavy atom. The summed E-state index contributed by atoms with van der Waals surface area (Å²) in [5.74, 6) is -0.709. The number of sulfonamides is 1. The molecule has 7 nitrogen and oxygen atoms in total. The maximum Gasteiger partial charge on any atom is 0.242 e. The molecule has 0 bridgehead atoms. The average molecular weight is 432 g/mol. The zero-order valence-electron chi connectivity index (χ0n) is 16.9. The standard InChI is InChI=1S/C19H30ClN3O4S/c1-5-6-7-12-21-19(25)15(2)23(13-16-8-10-17(20)11-9-16)18(24)14-22(3)28(4,26)27/h8-11,15H,5-7,12-14H2,1-4H3,(H,21,25)/t15-/m0/s1. The summed E-state index contributed by atoms with van der Waals surface area (Å²) in [5.41, 5.74) is 0.797. The molecule has 28 heavy (non-hydrogen) atoms. The Morgan fingerprint density at radius 1 is 1.18 bits per heavy atom. The third-order valence-corrected chi connectivity index (χ3v) is 5.95. The summed E-state index contributed by atoms with van der Waals surface area (Å²) < 4.78 is 24.3. The fourth-order valence-corrected chi connectivity index (χ4v) is 2.97. The lowest BCUT2D eigenvalue weighted by atomic mass is 10.1. The van der Waals surface area contributed by atoms with Gasteiger partial charge in [-0.1, -0.05) is 43.5 Å². The molecule has 1 aromatic rings. The van der Waals surface area contributed by atoms with Crippen LogP contribution in [0, 0.1) is 0 Å². The van der Waals surface area contributed by atoms with Crippen LogP contribution in [0.25, 0.3) is 0 Å². The fourth-order valence-electron chi connectivity index (χ4n) is 2.50. The third-order valence-electron chi connectivity index (χ3n) is 4.44. The molecule has 0 spiro atoms. The van der Waals surface area contributed by atoms with Crippen LogP contribution in [0.3, 0.4) is 0 Å². The minimum Gasteiger partial charge on any atom is -0.354 e. The number of hydrogen-bond donors (Lipinski definition) is 1. The largest absolute Gasteiger partial charge is 0.354 e. The van der Waals surface area contributed by atoms with Crippen molar-refractivity contribution in [3.63, 3.8) is 0 Å². The Bertz CT molecular complexity index is 753. The number of likely N-dealkylation sites (N-methyl/N-ethyl adjacent to an activating group) is 1. The lowest BCUT2D eigenvalue weighted by molar-refractivity contribution is -0.140. The van der Waals surface area contributed by atoms with Crippen molar-refractivity contribution >= 4 is 33.4 Å². The quantitative estimate of drug-likeness (QED) is 0.544. The lowest BCUT2D eigenvalue weighted by Crippen LogP contribution is -2.50. The van der Waals surface area contributed by atoms with E-state index in [0.717, 1.165) is 35.4 Å². The minimum absolute atomic E-state index is 0.178. The van der Waals surface area contributed by atoms with Gasteiger partial charge in [0.05, 0.1) is 12.8 Å². The Labute approximate surface area is 173 Å². The minimum atomic E-state index is -3.51. The monoisotopic (exact) mass is 431 g/mol. The molecule has 158 valence electrons. The molecule has 0 aliphatic rings. The van der Waals surface area contributed by atoms with Crippen LogP contribution in [0.15, 0.2) is 24.3 Å². The van der Waals surface area contributed by atoms with Crippen LogP contribution >= 0.6 is 11.6 Å². The van der Waals surface area contributed by atoms with E-state index in [1.165, 1.54) is 11.9 Å². The summed E-state index contributed by atoms with van der Waals surface area (Å²) in [6.45, 7) is 4.11. The number of benzene rings is 1. The van der Waals surface area contributed by atoms with Crippen LogP contribution in [0.1, 0.15) is 38.7 Å². The molecule has 0 unspecified atom stereocenters. The van der Waals surface area contributed by atoms with Crippen LogP contribution in [0.5, 0.6) is 0 Å². The van der Waals surface area contributed by atoms with Gasteiger partial charge in [0.1, 0.15) is 6.04 Å². The molecule has 0 heterocycles. The first-order chi connectivity index (χ1) is 13.1. The second-order valence-corrected chi connectivity index (χ2v) is 9.37. The smallest absolute Gasteiger partial charge is 0.242 e. The van der Waals surface area contributed by atoms with Gasteiger partial charge in [-0.2, -0.15) is 4.31 Å². The van der Waals surface area contributed by atoms with Crippen molar-refractivity contribution in [2.24, 2.45) is 0 Å². The van der Waals surface area contributed by atoms with Gasteiger partial charge in [-0.3, -0.25) is 9.59 Å². The van der Waals surface area contributed by atoms with E-state index in [1.807, 2.05) is 0 Å². The van der Waals surface area contributed by atoms with Crippen LogP contribution in [0.2, 0.25) is 5.02 Å². The first-order valence-corrected chi connectivity index (χ1v) is 11.5. The SMILES string of the molecule is CCCCCNC(=O)[C@H](C)N(Cc1ccc(Cl)cc1)C(=O)CN(C)S(C)(=O)=O. The number of carbonyl (C=O) groups excluding carboxylic acids is 2. The van der Waals surface area contributed by atoms with Gasteiger partial charge in [-0.25, -0.2) is 8.42 Å². The van der Waals surface area contributed by atoms with Gasteiger partial charge in [0.15, 0.2) is 0 Å². The molecule has 0 saturated heterocycles. The highest BCUT2D eigenvalue weighted by atomic mass is 35.5. The van der Waals surface area contributed by atoms with Gasteiger partial charge in [0.2, 0.25) is 21.8 Å². The molecule has 0 saturated carbocycles. The van der Waals surface area contributed by atoms with Crippen molar-refractivity contribution in [1.82, 2.24) is 14.5 Å². The average Bonchev–Trinajstić information content (AvgIpc) is 2.63. The molecule has 1 atom stereocenters. The summed E-state index contributed by atoms with van der Waals surface area (Å²) >= 11 is 5.91. The number of nitrogens with one attached hydrogen (secondary N) is 1. The van der Waals surface area contributed by atoms with Crippen molar-refractivity contribution in [3.8, 4) is 0 Å². The Kier molecular flexibility index (Phi) is 9.92. The van der Waals surface area contributed by atoms with E-state index >= 15 is 0 Å². The van der Waals surface area contributed by atoms with Crippen LogP contribution in [0.4, 0.5) is 0 Å². The van der Waals surface area contributed by atoms with Crippen molar-refractivity contribution in [3.05, 3.63) is 34.9 Å². The zero-order chi connectivity index (χ0) is 21.3. The van der Waals surface area contributed by atoms with E-state index in [2.05, 4.69) is 12.2 Å². The first kappa shape index (κ1) is 24.4. The Hall–Kier alpha value is -1.64. The topological polar surface area (TPSA) is 86.8 Å². The van der Waals surface area contributed by atoms with Gasteiger partial charge in [-0.05, 0) is 31.0 Å². The van der Waals surface area contributed by atoms with E-state index in [1.54, 1.807) is 31.2 Å². The number of nitrogens with zero attached hydrogens (tertiary/aromatic N) is 2. The second kappa shape index (κ2) is 11.4. The van der Waals surface area contributed by atoms with Crippen LogP contribution in [-0.2, 0) is 26.2 Å². The predicted molar refractivity (Wildman–Crippen MR) is 111 cm³/mol. The fraction of sp³-hybridized carbons (Fsp3) is 0.579. The Balaban J connectivity index is 2.93. The van der Waals surface area contributed by atoms with Crippen molar-refractivity contribution in [2.45, 2.75) is 45.7 Å². The van der Waals surface area contributed by atoms with Gasteiger partial charge in [-0.15, -0.1) is 0 Å². The summed E-state index contributed by atoms with van der Waals surface area (Å²) in [4.78, 5) is 26.7. The zero-order valence-corrected chi connectivity index (χ0v) is 18.5. The van der Waals surface area contributed by atoms with E-state index in [4.69, 9.17) is 11.6 Å². The van der Waals surface area contributed by atoms with Gasteiger partial charge < -0.3 is 10.2 Å². The molecule has 2 amide bonds. The van der Waals surface area contributed by atoms with Crippen LogP contribution < -0.4 is 5.32 Å². The summed E-state index contributed by atoms with van der Waals surface area (Å²) in [5, 5.41) is 3.41. The number of amides is 2. The molecule has 1 aromatic carbocycles. The van der Waals surface area contributed by atoms with E-state index < -0.39 is 22.0 Å². The second-order valence-electron chi connectivity index (χ2n) is 6.84. The molecule has 0 radical (unpaired) electrons. The number of carbonyl (C=O) groups is 2. The molecule has 9 heteroatoms. The highest BCUT2D eigenvalue weighted by molar-refractivity contribution is 7.88. The van der Waals surface area contributed by atoms with Crippen molar-refractivity contribution < 1.29 is 18.0 Å². The predicted octanol–water partition coefficient (Wildman–Crippen LogP) is 2.25. The molecule has 1 rings (SSSR count). The van der Waals surface area contributed by atoms with Gasteiger partial charge >= 0.3 is 0 Å². The molecule has 0 aromatic heterocycles. The maximum atomic E-state index is 12.8. The third kappa shape index (κ3) is 8.16. The van der Waals surface area contributed by atoms with E-state index in [-0.39, 0.29) is 19.0 Å². The maximum absolute atomic E-state index is 12.8. The Morgan fingerprint density at radius 3 is 2.32 bits per heavy atom. The number of hydrogen-bond acceptors (Lipinski definition) is 4. The molecular formula is C19H30ClN3O4S.